The van der Waals surface area contributed by atoms with Gasteiger partial charge < -0.3 is 10.1 Å². The number of anilines is 1. The summed E-state index contributed by atoms with van der Waals surface area (Å²) in [5.74, 6) is 0.531. The van der Waals surface area contributed by atoms with Crippen LogP contribution in [0.4, 0.5) is 5.69 Å². The maximum absolute atomic E-state index is 12.3. The molecule has 0 aliphatic heterocycles. The van der Waals surface area contributed by atoms with E-state index in [0.29, 0.717) is 11.4 Å². The number of rotatable bonds is 7. The minimum Gasteiger partial charge on any atom is -0.496 e. The molecule has 0 aliphatic rings. The van der Waals surface area contributed by atoms with E-state index in [-0.39, 0.29) is 18.4 Å². The molecule has 0 saturated carbocycles. The van der Waals surface area contributed by atoms with Gasteiger partial charge in [-0.05, 0) is 30.7 Å². The Hall–Kier alpha value is -2.54. The van der Waals surface area contributed by atoms with Crippen LogP contribution in [0.25, 0.3) is 0 Å². The summed E-state index contributed by atoms with van der Waals surface area (Å²) >= 11 is 0. The number of hydrogen-bond acceptors (Lipinski definition) is 4. The Morgan fingerprint density at radius 3 is 2.56 bits per heavy atom. The van der Waals surface area contributed by atoms with Gasteiger partial charge in [0.05, 0.1) is 25.8 Å². The van der Waals surface area contributed by atoms with E-state index in [4.69, 9.17) is 4.74 Å². The number of hydrogen-bond donors (Lipinski definition) is 2. The summed E-state index contributed by atoms with van der Waals surface area (Å²) in [4.78, 5) is 12.3. The van der Waals surface area contributed by atoms with Gasteiger partial charge in [0, 0.05) is 11.3 Å². The number of benzene rings is 2. The smallest absolute Gasteiger partial charge is 0.229 e. The third-order valence-corrected chi connectivity index (χ3v) is 4.22. The minimum absolute atomic E-state index is 0.140. The average molecular weight is 362 g/mol. The lowest BCUT2D eigenvalue weighted by Gasteiger charge is -2.16. The number of methoxy groups -OCH3 is 1. The molecule has 2 rings (SSSR count). The zero-order valence-corrected chi connectivity index (χ0v) is 15.3. The molecule has 0 saturated heterocycles. The SMILES string of the molecule is COc1ccccc1CC(=O)N[C@H](C)c1cccc(NS(C)(=O)=O)c1. The second kappa shape index (κ2) is 8.02. The number of sulfonamides is 1. The lowest BCUT2D eigenvalue weighted by molar-refractivity contribution is -0.121. The van der Waals surface area contributed by atoms with E-state index < -0.39 is 10.0 Å². The molecular weight excluding hydrogens is 340 g/mol. The van der Waals surface area contributed by atoms with Crippen LogP contribution in [0.3, 0.4) is 0 Å². The van der Waals surface area contributed by atoms with Gasteiger partial charge in [0.1, 0.15) is 5.75 Å². The van der Waals surface area contributed by atoms with Crippen LogP contribution < -0.4 is 14.8 Å². The Morgan fingerprint density at radius 2 is 1.88 bits per heavy atom. The predicted octanol–water partition coefficient (Wildman–Crippen LogP) is 2.49. The van der Waals surface area contributed by atoms with Crippen LogP contribution in [0.15, 0.2) is 48.5 Å². The first-order valence-corrected chi connectivity index (χ1v) is 9.66. The molecule has 134 valence electrons. The summed E-state index contributed by atoms with van der Waals surface area (Å²) in [6.07, 6.45) is 1.30. The molecule has 1 atom stereocenters. The molecule has 6 nitrogen and oxygen atoms in total. The van der Waals surface area contributed by atoms with Gasteiger partial charge in [0.2, 0.25) is 15.9 Å². The Labute approximate surface area is 148 Å². The van der Waals surface area contributed by atoms with E-state index in [0.717, 1.165) is 17.4 Å². The van der Waals surface area contributed by atoms with Crippen LogP contribution in [0.1, 0.15) is 24.1 Å². The van der Waals surface area contributed by atoms with Crippen molar-refractivity contribution in [1.82, 2.24) is 5.32 Å². The van der Waals surface area contributed by atoms with Crippen LogP contribution in [-0.4, -0.2) is 27.7 Å². The van der Waals surface area contributed by atoms with Gasteiger partial charge in [-0.2, -0.15) is 0 Å². The van der Waals surface area contributed by atoms with Crippen LogP contribution >= 0.6 is 0 Å². The molecule has 25 heavy (non-hydrogen) atoms. The molecular formula is C18H22N2O4S. The summed E-state index contributed by atoms with van der Waals surface area (Å²) in [7, 11) is -1.77. The van der Waals surface area contributed by atoms with E-state index in [1.54, 1.807) is 25.3 Å². The zero-order valence-electron chi connectivity index (χ0n) is 14.4. The van der Waals surface area contributed by atoms with Crippen LogP contribution in [0, 0.1) is 0 Å². The summed E-state index contributed by atoms with van der Waals surface area (Å²) in [6.45, 7) is 1.85. The number of nitrogens with one attached hydrogen (secondary N) is 2. The molecule has 7 heteroatoms. The van der Waals surface area contributed by atoms with Gasteiger partial charge in [0.25, 0.3) is 0 Å². The molecule has 2 aromatic carbocycles. The quantitative estimate of drug-likeness (QED) is 0.792. The number of amides is 1. The van der Waals surface area contributed by atoms with E-state index >= 15 is 0 Å². The lowest BCUT2D eigenvalue weighted by atomic mass is 10.1. The molecule has 0 fully saturated rings. The maximum Gasteiger partial charge on any atom is 0.229 e. The van der Waals surface area contributed by atoms with Gasteiger partial charge >= 0.3 is 0 Å². The summed E-state index contributed by atoms with van der Waals surface area (Å²) in [5, 5.41) is 2.91. The second-order valence-corrected chi connectivity index (χ2v) is 7.53. The largest absolute Gasteiger partial charge is 0.496 e. The fraction of sp³-hybridized carbons (Fsp3) is 0.278. The number of carbonyl (C=O) groups is 1. The van der Waals surface area contributed by atoms with Crippen LogP contribution in [0.5, 0.6) is 5.75 Å². The highest BCUT2D eigenvalue weighted by molar-refractivity contribution is 7.92. The van der Waals surface area contributed by atoms with E-state index in [2.05, 4.69) is 10.0 Å². The van der Waals surface area contributed by atoms with Crippen molar-refractivity contribution < 1.29 is 17.9 Å². The van der Waals surface area contributed by atoms with Crippen LogP contribution in [0.2, 0.25) is 0 Å². The van der Waals surface area contributed by atoms with Gasteiger partial charge in [-0.15, -0.1) is 0 Å². The Bertz CT molecular complexity index is 850. The van der Waals surface area contributed by atoms with E-state index in [1.807, 2.05) is 37.3 Å². The first kappa shape index (κ1) is 18.8. The molecule has 0 heterocycles. The number of ether oxygens (including phenoxy) is 1. The highest BCUT2D eigenvalue weighted by Crippen LogP contribution is 2.20. The third kappa shape index (κ3) is 5.79. The van der Waals surface area contributed by atoms with Crippen molar-refractivity contribution >= 4 is 21.6 Å². The molecule has 2 aromatic rings. The summed E-state index contributed by atoms with van der Waals surface area (Å²) in [5.41, 5.74) is 2.08. The third-order valence-electron chi connectivity index (χ3n) is 3.61. The monoisotopic (exact) mass is 362 g/mol. The van der Waals surface area contributed by atoms with Crippen molar-refractivity contribution in [2.75, 3.05) is 18.1 Å². The summed E-state index contributed by atoms with van der Waals surface area (Å²) < 4.78 is 30.3. The molecule has 1 amide bonds. The van der Waals surface area contributed by atoms with Crippen LogP contribution in [-0.2, 0) is 21.2 Å². The van der Waals surface area contributed by atoms with Crippen molar-refractivity contribution in [3.8, 4) is 5.75 Å². The Balaban J connectivity index is 2.05. The minimum atomic E-state index is -3.34. The lowest BCUT2D eigenvalue weighted by Crippen LogP contribution is -2.28. The topological polar surface area (TPSA) is 84.5 Å². The molecule has 0 unspecified atom stereocenters. The van der Waals surface area contributed by atoms with Gasteiger partial charge in [-0.25, -0.2) is 8.42 Å². The maximum atomic E-state index is 12.3. The summed E-state index contributed by atoms with van der Waals surface area (Å²) in [6, 6.07) is 14.0. The first-order valence-electron chi connectivity index (χ1n) is 7.77. The fourth-order valence-corrected chi connectivity index (χ4v) is 3.04. The van der Waals surface area contributed by atoms with Gasteiger partial charge in [0.15, 0.2) is 0 Å². The normalized spacial score (nSPS) is 12.3. The highest BCUT2D eigenvalue weighted by Gasteiger charge is 2.13. The van der Waals surface area contributed by atoms with Gasteiger partial charge in [-0.3, -0.25) is 9.52 Å². The number of para-hydroxylation sites is 1. The number of carbonyl (C=O) groups excluding carboxylic acids is 1. The molecule has 0 radical (unpaired) electrons. The molecule has 0 aromatic heterocycles. The molecule has 0 spiro atoms. The fourth-order valence-electron chi connectivity index (χ4n) is 2.48. The predicted molar refractivity (Wildman–Crippen MR) is 98.2 cm³/mol. The Kier molecular flexibility index (Phi) is 6.03. The standard InChI is InChI=1S/C18H22N2O4S/c1-13(14-8-6-9-16(11-14)20-25(3,22)23)19-18(21)12-15-7-4-5-10-17(15)24-2/h4-11,13,20H,12H2,1-3H3,(H,19,21)/t13-/m1/s1. The Morgan fingerprint density at radius 1 is 1.16 bits per heavy atom. The van der Waals surface area contributed by atoms with E-state index in [9.17, 15) is 13.2 Å². The van der Waals surface area contributed by atoms with Crippen molar-refractivity contribution in [3.63, 3.8) is 0 Å². The molecule has 2 N–H and O–H groups in total. The first-order chi connectivity index (χ1) is 11.8. The average Bonchev–Trinajstić information content (AvgIpc) is 2.54. The van der Waals surface area contributed by atoms with Crippen molar-refractivity contribution in [2.24, 2.45) is 0 Å². The van der Waals surface area contributed by atoms with E-state index in [1.165, 1.54) is 0 Å². The highest BCUT2D eigenvalue weighted by atomic mass is 32.2. The molecule has 0 bridgehead atoms. The second-order valence-electron chi connectivity index (χ2n) is 5.78. The molecule has 0 aliphatic carbocycles. The van der Waals surface area contributed by atoms with Gasteiger partial charge in [-0.1, -0.05) is 30.3 Å². The van der Waals surface area contributed by atoms with Crippen molar-refractivity contribution in [2.45, 2.75) is 19.4 Å². The van der Waals surface area contributed by atoms with Crippen molar-refractivity contribution in [3.05, 3.63) is 59.7 Å². The zero-order chi connectivity index (χ0) is 18.4. The van der Waals surface area contributed by atoms with Crippen molar-refractivity contribution in [1.29, 1.82) is 0 Å².